The molecule has 0 aliphatic heterocycles. The summed E-state index contributed by atoms with van der Waals surface area (Å²) >= 11 is 0. The zero-order valence-corrected chi connectivity index (χ0v) is 12.4. The molecule has 0 fully saturated rings. The van der Waals surface area contributed by atoms with Gasteiger partial charge in [0.1, 0.15) is 5.75 Å². The molecule has 1 aromatic carbocycles. The minimum atomic E-state index is -0.726. The standard InChI is InChI=1S/C16H25NO3/c1-13(2)17-12-14-8-5-6-9-15(14)20-11-7-3-4-10-16(18)19/h5-6,8-9,13,17H,3-4,7,10-12H2,1-2H3,(H,18,19). The van der Waals surface area contributed by atoms with Crippen LogP contribution in [0.5, 0.6) is 5.75 Å². The van der Waals surface area contributed by atoms with E-state index in [-0.39, 0.29) is 6.42 Å². The molecule has 0 radical (unpaired) electrons. The van der Waals surface area contributed by atoms with Crippen LogP contribution in [-0.2, 0) is 11.3 Å². The normalized spacial score (nSPS) is 10.8. The Morgan fingerprint density at radius 3 is 2.70 bits per heavy atom. The second kappa shape index (κ2) is 9.37. The molecule has 4 heteroatoms. The van der Waals surface area contributed by atoms with Gasteiger partial charge < -0.3 is 15.2 Å². The molecule has 0 heterocycles. The van der Waals surface area contributed by atoms with E-state index < -0.39 is 5.97 Å². The molecule has 1 rings (SSSR count). The quantitative estimate of drug-likeness (QED) is 0.646. The van der Waals surface area contributed by atoms with Gasteiger partial charge >= 0.3 is 5.97 Å². The van der Waals surface area contributed by atoms with E-state index >= 15 is 0 Å². The zero-order valence-electron chi connectivity index (χ0n) is 12.4. The van der Waals surface area contributed by atoms with Crippen LogP contribution in [0.15, 0.2) is 24.3 Å². The van der Waals surface area contributed by atoms with Crippen molar-refractivity contribution >= 4 is 5.97 Å². The van der Waals surface area contributed by atoms with Crippen molar-refractivity contribution in [2.75, 3.05) is 6.61 Å². The van der Waals surface area contributed by atoms with Gasteiger partial charge in [0.2, 0.25) is 0 Å². The van der Waals surface area contributed by atoms with Gasteiger partial charge in [-0.05, 0) is 25.3 Å². The number of para-hydroxylation sites is 1. The van der Waals surface area contributed by atoms with Crippen LogP contribution in [0.4, 0.5) is 0 Å². The first-order valence-corrected chi connectivity index (χ1v) is 7.25. The minimum absolute atomic E-state index is 0.245. The molecule has 0 atom stereocenters. The molecule has 2 N–H and O–H groups in total. The van der Waals surface area contributed by atoms with E-state index in [1.54, 1.807) is 0 Å². The number of nitrogens with one attached hydrogen (secondary N) is 1. The van der Waals surface area contributed by atoms with Gasteiger partial charge in [-0.15, -0.1) is 0 Å². The summed E-state index contributed by atoms with van der Waals surface area (Å²) in [4.78, 5) is 10.4. The number of carboxylic acids is 1. The Morgan fingerprint density at radius 1 is 1.25 bits per heavy atom. The SMILES string of the molecule is CC(C)NCc1ccccc1OCCCCCC(=O)O. The molecule has 112 valence electrons. The molecule has 0 saturated carbocycles. The van der Waals surface area contributed by atoms with E-state index in [2.05, 4.69) is 25.2 Å². The molecule has 4 nitrogen and oxygen atoms in total. The number of carboxylic acid groups (broad SMARTS) is 1. The maximum Gasteiger partial charge on any atom is 0.303 e. The van der Waals surface area contributed by atoms with Gasteiger partial charge in [-0.3, -0.25) is 4.79 Å². The molecule has 0 saturated heterocycles. The molecule has 0 unspecified atom stereocenters. The Hall–Kier alpha value is -1.55. The van der Waals surface area contributed by atoms with Crippen molar-refractivity contribution in [2.45, 2.75) is 52.1 Å². The number of unbranched alkanes of at least 4 members (excludes halogenated alkanes) is 2. The number of benzene rings is 1. The van der Waals surface area contributed by atoms with E-state index in [4.69, 9.17) is 9.84 Å². The van der Waals surface area contributed by atoms with Crippen molar-refractivity contribution < 1.29 is 14.6 Å². The van der Waals surface area contributed by atoms with Crippen molar-refractivity contribution in [3.05, 3.63) is 29.8 Å². The third-order valence-electron chi connectivity index (χ3n) is 2.97. The number of rotatable bonds is 10. The van der Waals surface area contributed by atoms with E-state index in [1.165, 1.54) is 0 Å². The highest BCUT2D eigenvalue weighted by Crippen LogP contribution is 2.18. The van der Waals surface area contributed by atoms with Crippen LogP contribution in [0, 0.1) is 0 Å². The highest BCUT2D eigenvalue weighted by molar-refractivity contribution is 5.66. The lowest BCUT2D eigenvalue weighted by molar-refractivity contribution is -0.137. The predicted octanol–water partition coefficient (Wildman–Crippen LogP) is 3.21. The van der Waals surface area contributed by atoms with Gasteiger partial charge in [0.05, 0.1) is 6.61 Å². The van der Waals surface area contributed by atoms with Crippen molar-refractivity contribution in [3.8, 4) is 5.75 Å². The molecular weight excluding hydrogens is 254 g/mol. The molecule has 0 aliphatic rings. The molecule has 0 bridgehead atoms. The van der Waals surface area contributed by atoms with Crippen LogP contribution in [0.3, 0.4) is 0 Å². The fourth-order valence-electron chi connectivity index (χ4n) is 1.84. The second-order valence-electron chi connectivity index (χ2n) is 5.20. The zero-order chi connectivity index (χ0) is 14.8. The van der Waals surface area contributed by atoms with Crippen LogP contribution in [-0.4, -0.2) is 23.7 Å². The third-order valence-corrected chi connectivity index (χ3v) is 2.97. The summed E-state index contributed by atoms with van der Waals surface area (Å²) in [6, 6.07) is 8.47. The smallest absolute Gasteiger partial charge is 0.303 e. The molecular formula is C16H25NO3. The lowest BCUT2D eigenvalue weighted by Crippen LogP contribution is -2.22. The van der Waals surface area contributed by atoms with E-state index in [1.807, 2.05) is 18.2 Å². The van der Waals surface area contributed by atoms with Gasteiger partial charge in [0.25, 0.3) is 0 Å². The largest absolute Gasteiger partial charge is 0.493 e. The van der Waals surface area contributed by atoms with Crippen LogP contribution >= 0.6 is 0 Å². The Bertz CT molecular complexity index is 404. The highest BCUT2D eigenvalue weighted by Gasteiger charge is 2.03. The molecule has 0 spiro atoms. The Balaban J connectivity index is 2.30. The summed E-state index contributed by atoms with van der Waals surface area (Å²) in [6.07, 6.45) is 2.74. The van der Waals surface area contributed by atoms with Gasteiger partial charge in [0.15, 0.2) is 0 Å². The van der Waals surface area contributed by atoms with Crippen LogP contribution in [0.2, 0.25) is 0 Å². The average molecular weight is 279 g/mol. The number of carbonyl (C=O) groups is 1. The maximum absolute atomic E-state index is 10.4. The number of ether oxygens (including phenoxy) is 1. The predicted molar refractivity (Wildman–Crippen MR) is 80.0 cm³/mol. The topological polar surface area (TPSA) is 58.6 Å². The lowest BCUT2D eigenvalue weighted by Gasteiger charge is -2.13. The minimum Gasteiger partial charge on any atom is -0.493 e. The summed E-state index contributed by atoms with van der Waals surface area (Å²) in [7, 11) is 0. The van der Waals surface area contributed by atoms with Crippen LogP contribution in [0.1, 0.15) is 45.1 Å². The monoisotopic (exact) mass is 279 g/mol. The Kier molecular flexibility index (Phi) is 7.73. The highest BCUT2D eigenvalue weighted by atomic mass is 16.5. The number of aliphatic carboxylic acids is 1. The van der Waals surface area contributed by atoms with E-state index in [0.717, 1.165) is 37.1 Å². The summed E-state index contributed by atoms with van der Waals surface area (Å²) in [5.74, 6) is 0.190. The molecule has 0 amide bonds. The van der Waals surface area contributed by atoms with Gasteiger partial charge in [0, 0.05) is 24.6 Å². The first kappa shape index (κ1) is 16.5. The first-order chi connectivity index (χ1) is 9.59. The number of hydrogen-bond donors (Lipinski definition) is 2. The van der Waals surface area contributed by atoms with Crippen LogP contribution in [0.25, 0.3) is 0 Å². The van der Waals surface area contributed by atoms with E-state index in [9.17, 15) is 4.79 Å². The Morgan fingerprint density at radius 2 is 2.00 bits per heavy atom. The van der Waals surface area contributed by atoms with Crippen molar-refractivity contribution in [1.82, 2.24) is 5.32 Å². The summed E-state index contributed by atoms with van der Waals surface area (Å²) in [5, 5.41) is 11.9. The fourth-order valence-corrected chi connectivity index (χ4v) is 1.84. The summed E-state index contributed by atoms with van der Waals surface area (Å²) < 4.78 is 5.79. The van der Waals surface area contributed by atoms with Gasteiger partial charge in [-0.2, -0.15) is 0 Å². The van der Waals surface area contributed by atoms with E-state index in [0.29, 0.717) is 12.6 Å². The van der Waals surface area contributed by atoms with Gasteiger partial charge in [-0.25, -0.2) is 0 Å². The van der Waals surface area contributed by atoms with Crippen molar-refractivity contribution in [1.29, 1.82) is 0 Å². The summed E-state index contributed by atoms with van der Waals surface area (Å²) in [6.45, 7) is 5.67. The molecule has 0 aromatic heterocycles. The second-order valence-corrected chi connectivity index (χ2v) is 5.20. The Labute approximate surface area is 121 Å². The first-order valence-electron chi connectivity index (χ1n) is 7.25. The van der Waals surface area contributed by atoms with Gasteiger partial charge in [-0.1, -0.05) is 32.0 Å². The molecule has 20 heavy (non-hydrogen) atoms. The maximum atomic E-state index is 10.4. The van der Waals surface area contributed by atoms with Crippen molar-refractivity contribution in [2.24, 2.45) is 0 Å². The van der Waals surface area contributed by atoms with Crippen molar-refractivity contribution in [3.63, 3.8) is 0 Å². The molecule has 1 aromatic rings. The van der Waals surface area contributed by atoms with Crippen LogP contribution < -0.4 is 10.1 Å². The summed E-state index contributed by atoms with van der Waals surface area (Å²) in [5.41, 5.74) is 1.16. The molecule has 0 aliphatic carbocycles. The third kappa shape index (κ3) is 7.14. The number of hydrogen-bond acceptors (Lipinski definition) is 3. The lowest BCUT2D eigenvalue weighted by atomic mass is 10.2. The fraction of sp³-hybridized carbons (Fsp3) is 0.562. The average Bonchev–Trinajstić information content (AvgIpc) is 2.41.